The van der Waals surface area contributed by atoms with Gasteiger partial charge in [-0.15, -0.1) is 0 Å². The van der Waals surface area contributed by atoms with E-state index >= 15 is 0 Å². The molecule has 142 valence electrons. The Bertz CT molecular complexity index is 838. The van der Waals surface area contributed by atoms with E-state index in [1.54, 1.807) is 4.90 Å². The lowest BCUT2D eigenvalue weighted by atomic mass is 10.0. The van der Waals surface area contributed by atoms with E-state index in [0.29, 0.717) is 31.1 Å². The Balaban J connectivity index is 1.68. The van der Waals surface area contributed by atoms with Crippen molar-refractivity contribution in [2.24, 2.45) is 5.16 Å². The molecule has 6 heteroatoms. The summed E-state index contributed by atoms with van der Waals surface area (Å²) in [5.74, 6) is 0. The SMILES string of the molecule is CCNC(=O)N(Cc1cccc(Cl)c1)C[C@H]1CC(c2ccccc2C)=NO1. The average Bonchev–Trinajstić information content (AvgIpc) is 3.10. The number of nitrogens with one attached hydrogen (secondary N) is 1. The number of halogens is 1. The molecule has 5 nitrogen and oxygen atoms in total. The monoisotopic (exact) mass is 385 g/mol. The van der Waals surface area contributed by atoms with Crippen molar-refractivity contribution in [2.45, 2.75) is 32.9 Å². The summed E-state index contributed by atoms with van der Waals surface area (Å²) in [7, 11) is 0. The van der Waals surface area contributed by atoms with Crippen LogP contribution in [-0.2, 0) is 11.4 Å². The average molecular weight is 386 g/mol. The minimum Gasteiger partial charge on any atom is -0.390 e. The zero-order valence-corrected chi connectivity index (χ0v) is 16.4. The number of carbonyl (C=O) groups is 1. The summed E-state index contributed by atoms with van der Waals surface area (Å²) in [6, 6.07) is 15.5. The highest BCUT2D eigenvalue weighted by molar-refractivity contribution is 6.30. The van der Waals surface area contributed by atoms with Gasteiger partial charge in [-0.25, -0.2) is 4.79 Å². The normalized spacial score (nSPS) is 15.8. The van der Waals surface area contributed by atoms with Crippen LogP contribution in [0.15, 0.2) is 53.7 Å². The summed E-state index contributed by atoms with van der Waals surface area (Å²) in [5, 5.41) is 7.79. The maximum atomic E-state index is 12.5. The Labute approximate surface area is 165 Å². The van der Waals surface area contributed by atoms with Gasteiger partial charge >= 0.3 is 6.03 Å². The Hall–Kier alpha value is -2.53. The van der Waals surface area contributed by atoms with Crippen LogP contribution in [0.1, 0.15) is 30.0 Å². The Morgan fingerprint density at radius 2 is 2.11 bits per heavy atom. The van der Waals surface area contributed by atoms with E-state index in [0.717, 1.165) is 16.8 Å². The number of benzene rings is 2. The van der Waals surface area contributed by atoms with Gasteiger partial charge in [0, 0.05) is 30.1 Å². The fraction of sp³-hybridized carbons (Fsp3) is 0.333. The third-order valence-electron chi connectivity index (χ3n) is 4.49. The summed E-state index contributed by atoms with van der Waals surface area (Å²) in [6.45, 7) is 5.46. The Kier molecular flexibility index (Phi) is 6.35. The largest absolute Gasteiger partial charge is 0.390 e. The maximum Gasteiger partial charge on any atom is 0.317 e. The summed E-state index contributed by atoms with van der Waals surface area (Å²) in [4.78, 5) is 19.9. The van der Waals surface area contributed by atoms with Crippen molar-refractivity contribution in [2.75, 3.05) is 13.1 Å². The number of rotatable bonds is 6. The van der Waals surface area contributed by atoms with Gasteiger partial charge in [0.25, 0.3) is 0 Å². The number of carbonyl (C=O) groups excluding carboxylic acids is 1. The van der Waals surface area contributed by atoms with Crippen LogP contribution in [0.2, 0.25) is 5.02 Å². The smallest absolute Gasteiger partial charge is 0.317 e. The minimum atomic E-state index is -0.165. The molecule has 0 fully saturated rings. The molecule has 1 atom stereocenters. The number of oxime groups is 1. The van der Waals surface area contributed by atoms with Crippen LogP contribution in [0.4, 0.5) is 4.79 Å². The van der Waals surface area contributed by atoms with Crippen LogP contribution >= 0.6 is 11.6 Å². The van der Waals surface area contributed by atoms with Crippen LogP contribution in [0.3, 0.4) is 0 Å². The number of hydrogen-bond acceptors (Lipinski definition) is 3. The van der Waals surface area contributed by atoms with Crippen molar-refractivity contribution in [1.29, 1.82) is 0 Å². The van der Waals surface area contributed by atoms with Crippen molar-refractivity contribution in [3.05, 3.63) is 70.2 Å². The van der Waals surface area contributed by atoms with Gasteiger partial charge in [0.1, 0.15) is 0 Å². The van der Waals surface area contributed by atoms with Crippen molar-refractivity contribution >= 4 is 23.3 Å². The molecular formula is C21H24ClN3O2. The fourth-order valence-corrected chi connectivity index (χ4v) is 3.38. The topological polar surface area (TPSA) is 53.9 Å². The van der Waals surface area contributed by atoms with Crippen LogP contribution in [0, 0.1) is 6.92 Å². The lowest BCUT2D eigenvalue weighted by Gasteiger charge is -2.25. The number of aryl methyl sites for hydroxylation is 1. The van der Waals surface area contributed by atoms with E-state index in [1.807, 2.05) is 49.4 Å². The first kappa shape index (κ1) is 19.2. The molecular weight excluding hydrogens is 362 g/mol. The molecule has 2 amide bonds. The number of nitrogens with zero attached hydrogens (tertiary/aromatic N) is 2. The Morgan fingerprint density at radius 1 is 1.30 bits per heavy atom. The molecule has 2 aromatic carbocycles. The third kappa shape index (κ3) is 5.01. The molecule has 0 bridgehead atoms. The highest BCUT2D eigenvalue weighted by atomic mass is 35.5. The molecule has 1 N–H and O–H groups in total. The quantitative estimate of drug-likeness (QED) is 0.802. The Morgan fingerprint density at radius 3 is 2.85 bits per heavy atom. The predicted molar refractivity (Wildman–Crippen MR) is 108 cm³/mol. The first-order valence-corrected chi connectivity index (χ1v) is 9.50. The molecule has 0 unspecified atom stereocenters. The van der Waals surface area contributed by atoms with E-state index in [-0.39, 0.29) is 12.1 Å². The van der Waals surface area contributed by atoms with Gasteiger partial charge in [-0.3, -0.25) is 0 Å². The predicted octanol–water partition coefficient (Wildman–Crippen LogP) is 4.37. The molecule has 0 aliphatic carbocycles. The number of hydrogen-bond donors (Lipinski definition) is 1. The standard InChI is InChI=1S/C21H24ClN3O2/c1-3-23-21(26)25(13-16-8-6-9-17(22)11-16)14-18-12-20(24-27-18)19-10-5-4-7-15(19)2/h4-11,18H,3,12-14H2,1-2H3,(H,23,26)/t18-/m1/s1. The maximum absolute atomic E-state index is 12.5. The highest BCUT2D eigenvalue weighted by Gasteiger charge is 2.27. The zero-order chi connectivity index (χ0) is 19.2. The van der Waals surface area contributed by atoms with Crippen molar-refractivity contribution < 1.29 is 9.63 Å². The molecule has 2 aromatic rings. The molecule has 3 rings (SSSR count). The second-order valence-electron chi connectivity index (χ2n) is 6.63. The lowest BCUT2D eigenvalue weighted by Crippen LogP contribution is -2.43. The van der Waals surface area contributed by atoms with E-state index in [1.165, 1.54) is 5.56 Å². The lowest BCUT2D eigenvalue weighted by molar-refractivity contribution is 0.0590. The van der Waals surface area contributed by atoms with Gasteiger partial charge in [-0.05, 0) is 37.1 Å². The zero-order valence-electron chi connectivity index (χ0n) is 15.6. The van der Waals surface area contributed by atoms with Gasteiger partial charge in [-0.1, -0.05) is 53.2 Å². The second kappa shape index (κ2) is 8.91. The van der Waals surface area contributed by atoms with E-state index in [2.05, 4.69) is 23.5 Å². The van der Waals surface area contributed by atoms with Crippen LogP contribution in [0.25, 0.3) is 0 Å². The summed E-state index contributed by atoms with van der Waals surface area (Å²) in [6.07, 6.45) is 0.512. The van der Waals surface area contributed by atoms with Gasteiger partial charge in [-0.2, -0.15) is 0 Å². The van der Waals surface area contributed by atoms with E-state index in [4.69, 9.17) is 16.4 Å². The third-order valence-corrected chi connectivity index (χ3v) is 4.73. The highest BCUT2D eigenvalue weighted by Crippen LogP contribution is 2.21. The molecule has 0 saturated heterocycles. The van der Waals surface area contributed by atoms with Crippen molar-refractivity contribution in [3.63, 3.8) is 0 Å². The molecule has 0 spiro atoms. The summed E-state index contributed by atoms with van der Waals surface area (Å²) < 4.78 is 0. The number of amides is 2. The van der Waals surface area contributed by atoms with Crippen molar-refractivity contribution in [1.82, 2.24) is 10.2 Å². The van der Waals surface area contributed by atoms with Crippen LogP contribution in [-0.4, -0.2) is 35.8 Å². The minimum absolute atomic E-state index is 0.120. The molecule has 0 saturated carbocycles. The number of urea groups is 1. The fourth-order valence-electron chi connectivity index (χ4n) is 3.17. The van der Waals surface area contributed by atoms with Gasteiger partial charge < -0.3 is 15.1 Å². The molecule has 1 aliphatic heterocycles. The van der Waals surface area contributed by atoms with Gasteiger partial charge in [0.15, 0.2) is 6.10 Å². The van der Waals surface area contributed by atoms with Gasteiger partial charge in [0.2, 0.25) is 0 Å². The first-order valence-electron chi connectivity index (χ1n) is 9.12. The molecule has 1 heterocycles. The summed E-state index contributed by atoms with van der Waals surface area (Å²) >= 11 is 6.08. The molecule has 0 radical (unpaired) electrons. The molecule has 1 aliphatic rings. The van der Waals surface area contributed by atoms with Gasteiger partial charge in [0.05, 0.1) is 12.3 Å². The second-order valence-corrected chi connectivity index (χ2v) is 7.07. The van der Waals surface area contributed by atoms with Crippen LogP contribution in [0.5, 0.6) is 0 Å². The molecule has 27 heavy (non-hydrogen) atoms. The molecule has 0 aromatic heterocycles. The van der Waals surface area contributed by atoms with E-state index in [9.17, 15) is 4.79 Å². The van der Waals surface area contributed by atoms with Crippen molar-refractivity contribution in [3.8, 4) is 0 Å². The van der Waals surface area contributed by atoms with Crippen LogP contribution < -0.4 is 5.32 Å². The van der Waals surface area contributed by atoms with E-state index < -0.39 is 0 Å². The first-order chi connectivity index (χ1) is 13.1. The summed E-state index contributed by atoms with van der Waals surface area (Å²) in [5.41, 5.74) is 4.17.